The van der Waals surface area contributed by atoms with Crippen LogP contribution in [-0.2, 0) is 11.3 Å². The van der Waals surface area contributed by atoms with Gasteiger partial charge in [-0.15, -0.1) is 0 Å². The van der Waals surface area contributed by atoms with Crippen molar-refractivity contribution in [2.75, 3.05) is 5.32 Å². The highest BCUT2D eigenvalue weighted by atomic mass is 16.6. The second kappa shape index (κ2) is 8.11. The number of cyclic esters (lactones) is 1. The zero-order valence-electron chi connectivity index (χ0n) is 19.0. The Labute approximate surface area is 193 Å². The van der Waals surface area contributed by atoms with Gasteiger partial charge in [-0.3, -0.25) is 4.90 Å². The Morgan fingerprint density at radius 3 is 2.42 bits per heavy atom. The number of nitriles is 1. The number of amides is 3. The number of nitrogens with one attached hydrogen (secondary N) is 1. The minimum atomic E-state index is -0.607. The van der Waals surface area contributed by atoms with Crippen molar-refractivity contribution in [3.63, 3.8) is 0 Å². The summed E-state index contributed by atoms with van der Waals surface area (Å²) >= 11 is 0. The highest BCUT2D eigenvalue weighted by Gasteiger charge is 2.51. The van der Waals surface area contributed by atoms with E-state index in [0.29, 0.717) is 12.1 Å². The molecule has 2 heterocycles. The summed E-state index contributed by atoms with van der Waals surface area (Å²) in [5.74, 6) is 0. The molecule has 0 bridgehead atoms. The monoisotopic (exact) mass is 444 g/mol. The van der Waals surface area contributed by atoms with Gasteiger partial charge in [0.25, 0.3) is 0 Å². The molecule has 1 saturated carbocycles. The van der Waals surface area contributed by atoms with Crippen molar-refractivity contribution in [3.05, 3.63) is 65.2 Å². The topological polar surface area (TPSA) is 85.7 Å². The summed E-state index contributed by atoms with van der Waals surface area (Å²) in [4.78, 5) is 29.5. The van der Waals surface area contributed by atoms with E-state index >= 15 is 0 Å². The van der Waals surface area contributed by atoms with Crippen molar-refractivity contribution >= 4 is 17.8 Å². The molecule has 1 N–H and O–H groups in total. The number of carbonyl (C=O) groups excluding carboxylic acids is 2. The number of hydrogen-bond donors (Lipinski definition) is 1. The van der Waals surface area contributed by atoms with Crippen LogP contribution in [-0.4, -0.2) is 39.6 Å². The molecule has 2 fully saturated rings. The lowest BCUT2D eigenvalue weighted by atomic mass is 9.85. The third kappa shape index (κ3) is 3.80. The lowest BCUT2D eigenvalue weighted by Crippen LogP contribution is -2.49. The van der Waals surface area contributed by atoms with Crippen LogP contribution in [0.15, 0.2) is 48.5 Å². The SMILES string of the molecule is CC1(C)OC(=O)N(C2CCC(N3Cc4cc(C#N)ccc4NC3=O)CC2)[C@H]1c1ccccc1. The molecule has 2 aromatic carbocycles. The molecule has 2 aromatic rings. The fraction of sp³-hybridized carbons (Fsp3) is 0.423. The maximum Gasteiger partial charge on any atom is 0.411 e. The van der Waals surface area contributed by atoms with E-state index in [1.807, 2.05) is 47.9 Å². The molecule has 5 rings (SSSR count). The molecular weight excluding hydrogens is 416 g/mol. The molecule has 0 unspecified atom stereocenters. The highest BCUT2D eigenvalue weighted by Crippen LogP contribution is 2.45. The Kier molecular flexibility index (Phi) is 5.24. The van der Waals surface area contributed by atoms with Gasteiger partial charge in [0.15, 0.2) is 0 Å². The molecule has 0 aromatic heterocycles. The van der Waals surface area contributed by atoms with Gasteiger partial charge in [-0.1, -0.05) is 30.3 Å². The Hall–Kier alpha value is -3.53. The van der Waals surface area contributed by atoms with Gasteiger partial charge in [-0.05, 0) is 68.9 Å². The minimum Gasteiger partial charge on any atom is -0.441 e. The number of benzene rings is 2. The van der Waals surface area contributed by atoms with Gasteiger partial charge in [0.05, 0.1) is 17.7 Å². The third-order valence-corrected chi connectivity index (χ3v) is 7.19. The Balaban J connectivity index is 1.31. The molecule has 0 spiro atoms. The van der Waals surface area contributed by atoms with Gasteiger partial charge >= 0.3 is 12.1 Å². The summed E-state index contributed by atoms with van der Waals surface area (Å²) < 4.78 is 5.79. The number of hydrogen-bond acceptors (Lipinski definition) is 4. The van der Waals surface area contributed by atoms with Crippen molar-refractivity contribution < 1.29 is 14.3 Å². The first-order chi connectivity index (χ1) is 15.9. The van der Waals surface area contributed by atoms with Crippen LogP contribution in [0.3, 0.4) is 0 Å². The maximum absolute atomic E-state index is 12.9. The van der Waals surface area contributed by atoms with Crippen LogP contribution >= 0.6 is 0 Å². The number of ether oxygens (including phenoxy) is 1. The first-order valence-corrected chi connectivity index (χ1v) is 11.5. The molecule has 1 saturated heterocycles. The maximum atomic E-state index is 12.9. The molecule has 3 aliphatic rings. The van der Waals surface area contributed by atoms with Crippen molar-refractivity contribution in [1.29, 1.82) is 5.26 Å². The van der Waals surface area contributed by atoms with E-state index in [1.165, 1.54) is 0 Å². The Bertz CT molecular complexity index is 1120. The van der Waals surface area contributed by atoms with Crippen LogP contribution in [0.25, 0.3) is 0 Å². The van der Waals surface area contributed by atoms with Crippen LogP contribution in [0.1, 0.15) is 62.3 Å². The summed E-state index contributed by atoms with van der Waals surface area (Å²) in [6.45, 7) is 4.44. The van der Waals surface area contributed by atoms with Crippen molar-refractivity contribution in [1.82, 2.24) is 9.80 Å². The summed E-state index contributed by atoms with van der Waals surface area (Å²) in [5.41, 5.74) is 2.80. The predicted molar refractivity (Wildman–Crippen MR) is 123 cm³/mol. The fourth-order valence-electron chi connectivity index (χ4n) is 5.63. The van der Waals surface area contributed by atoms with Gasteiger partial charge in [0.1, 0.15) is 5.60 Å². The largest absolute Gasteiger partial charge is 0.441 e. The molecule has 3 amide bonds. The first-order valence-electron chi connectivity index (χ1n) is 11.5. The zero-order valence-corrected chi connectivity index (χ0v) is 19.0. The molecule has 170 valence electrons. The molecule has 33 heavy (non-hydrogen) atoms. The van der Waals surface area contributed by atoms with Crippen LogP contribution < -0.4 is 5.32 Å². The van der Waals surface area contributed by atoms with Crippen molar-refractivity contribution in [3.8, 4) is 6.07 Å². The summed E-state index contributed by atoms with van der Waals surface area (Å²) in [6, 6.07) is 17.5. The van der Waals surface area contributed by atoms with E-state index in [2.05, 4.69) is 23.5 Å². The van der Waals surface area contributed by atoms with Crippen LogP contribution in [0.4, 0.5) is 15.3 Å². The standard InChI is InChI=1S/C26H28N4O3/c1-26(2)23(18-6-4-3-5-7-18)30(25(32)33-26)21-11-9-20(10-12-21)29-16-19-14-17(15-27)8-13-22(19)28-24(29)31/h3-8,13-14,20-21,23H,9-12,16H2,1-2H3,(H,28,31)/t20?,21?,23-/m0/s1. The zero-order chi connectivity index (χ0) is 23.2. The quantitative estimate of drug-likeness (QED) is 0.706. The van der Waals surface area contributed by atoms with Crippen molar-refractivity contribution in [2.45, 2.75) is 69.8 Å². The van der Waals surface area contributed by atoms with Gasteiger partial charge in [-0.25, -0.2) is 9.59 Å². The first kappa shape index (κ1) is 21.3. The summed E-state index contributed by atoms with van der Waals surface area (Å²) in [6.07, 6.45) is 3.00. The number of anilines is 1. The van der Waals surface area contributed by atoms with Crippen LogP contribution in [0.2, 0.25) is 0 Å². The third-order valence-electron chi connectivity index (χ3n) is 7.19. The summed E-state index contributed by atoms with van der Waals surface area (Å²) in [7, 11) is 0. The summed E-state index contributed by atoms with van der Waals surface area (Å²) in [5, 5.41) is 12.2. The molecule has 1 aliphatic carbocycles. The number of nitrogens with zero attached hydrogens (tertiary/aromatic N) is 3. The average Bonchev–Trinajstić information content (AvgIpc) is 3.07. The number of urea groups is 1. The van der Waals surface area contributed by atoms with Crippen LogP contribution in [0, 0.1) is 11.3 Å². The Morgan fingerprint density at radius 2 is 1.73 bits per heavy atom. The van der Waals surface area contributed by atoms with Gasteiger partial charge in [-0.2, -0.15) is 5.26 Å². The second-order valence-corrected chi connectivity index (χ2v) is 9.70. The molecule has 7 heteroatoms. The van der Waals surface area contributed by atoms with E-state index in [9.17, 15) is 14.9 Å². The minimum absolute atomic E-state index is 0.0751. The number of rotatable bonds is 3. The Morgan fingerprint density at radius 1 is 1.03 bits per heavy atom. The van der Waals surface area contributed by atoms with E-state index in [1.54, 1.807) is 12.1 Å². The smallest absolute Gasteiger partial charge is 0.411 e. The molecule has 0 radical (unpaired) electrons. The average molecular weight is 445 g/mol. The fourth-order valence-corrected chi connectivity index (χ4v) is 5.63. The second-order valence-electron chi connectivity index (χ2n) is 9.70. The van der Waals surface area contributed by atoms with E-state index in [0.717, 1.165) is 42.5 Å². The highest BCUT2D eigenvalue weighted by molar-refractivity contribution is 5.92. The van der Waals surface area contributed by atoms with Gasteiger partial charge in [0, 0.05) is 24.3 Å². The van der Waals surface area contributed by atoms with Gasteiger partial charge in [0.2, 0.25) is 0 Å². The molecular formula is C26H28N4O3. The lowest BCUT2D eigenvalue weighted by Gasteiger charge is -2.42. The van der Waals surface area contributed by atoms with Gasteiger partial charge < -0.3 is 15.0 Å². The molecule has 7 nitrogen and oxygen atoms in total. The lowest BCUT2D eigenvalue weighted by molar-refractivity contribution is 0.0657. The molecule has 2 aliphatic heterocycles. The van der Waals surface area contributed by atoms with Crippen LogP contribution in [0.5, 0.6) is 0 Å². The molecule has 1 atom stereocenters. The number of carbonyl (C=O) groups is 2. The number of fused-ring (bicyclic) bond motifs is 1. The van der Waals surface area contributed by atoms with E-state index in [-0.39, 0.29) is 30.2 Å². The predicted octanol–water partition coefficient (Wildman–Crippen LogP) is 5.19. The van der Waals surface area contributed by atoms with E-state index < -0.39 is 5.60 Å². The van der Waals surface area contributed by atoms with Crippen molar-refractivity contribution in [2.24, 2.45) is 0 Å². The van der Waals surface area contributed by atoms with E-state index in [4.69, 9.17) is 4.74 Å². The normalized spacial score (nSPS) is 26.3.